The largest absolute Gasteiger partial charge is 0.379 e. The third-order valence-electron chi connectivity index (χ3n) is 2.93. The van der Waals surface area contributed by atoms with Crippen LogP contribution in [0.15, 0.2) is 22.6 Å². The topological polar surface area (TPSA) is 56.1 Å². The van der Waals surface area contributed by atoms with Crippen molar-refractivity contribution in [3.63, 3.8) is 0 Å². The molecule has 0 atom stereocenters. The molecule has 2 aromatic rings. The van der Waals surface area contributed by atoms with Crippen LogP contribution in [0.4, 0.5) is 0 Å². The molecule has 5 nitrogen and oxygen atoms in total. The summed E-state index contributed by atoms with van der Waals surface area (Å²) in [6.07, 6.45) is 2.90. The quantitative estimate of drug-likeness (QED) is 0.755. The molecule has 0 saturated heterocycles. The zero-order chi connectivity index (χ0) is 14.4. The molecule has 0 aliphatic heterocycles. The van der Waals surface area contributed by atoms with Crippen molar-refractivity contribution in [1.82, 2.24) is 14.9 Å². The molecule has 0 bridgehead atoms. The Labute approximate surface area is 122 Å². The Morgan fingerprint density at radius 1 is 1.45 bits per heavy atom. The van der Waals surface area contributed by atoms with Crippen LogP contribution in [-0.2, 0) is 11.3 Å². The molecule has 0 unspecified atom stereocenters. The molecule has 110 valence electrons. The molecule has 0 aliphatic carbocycles. The third kappa shape index (κ3) is 4.13. The van der Waals surface area contributed by atoms with Gasteiger partial charge in [0.05, 0.1) is 17.8 Å². The van der Waals surface area contributed by atoms with E-state index in [9.17, 15) is 4.79 Å². The van der Waals surface area contributed by atoms with Gasteiger partial charge in [-0.2, -0.15) is 0 Å². The summed E-state index contributed by atoms with van der Waals surface area (Å²) in [5, 5.41) is 5.92. The minimum atomic E-state index is 0.0428. The Kier molecular flexibility index (Phi) is 5.70. The molecule has 1 N–H and O–H groups in total. The maximum atomic E-state index is 12.1. The number of ether oxygens (including phenoxy) is 1. The normalized spacial score (nSPS) is 11.6. The van der Waals surface area contributed by atoms with Gasteiger partial charge in [-0.1, -0.05) is 0 Å². The van der Waals surface area contributed by atoms with Crippen LogP contribution >= 0.6 is 11.3 Å². The number of hydrogen-bond acceptors (Lipinski definition) is 5. The van der Waals surface area contributed by atoms with E-state index in [1.54, 1.807) is 10.9 Å². The molecule has 0 aromatic carbocycles. The zero-order valence-corrected chi connectivity index (χ0v) is 12.8. The summed E-state index contributed by atoms with van der Waals surface area (Å²) < 4.78 is 7.12. The van der Waals surface area contributed by atoms with Gasteiger partial charge in [-0.05, 0) is 38.3 Å². The summed E-state index contributed by atoms with van der Waals surface area (Å²) in [5.74, 6) is 0. The Balaban J connectivity index is 1.73. The summed E-state index contributed by atoms with van der Waals surface area (Å²) in [7, 11) is 0. The lowest BCUT2D eigenvalue weighted by Crippen LogP contribution is -2.28. The average Bonchev–Trinajstić information content (AvgIpc) is 2.89. The summed E-state index contributed by atoms with van der Waals surface area (Å²) >= 11 is 1.50. The van der Waals surface area contributed by atoms with Gasteiger partial charge in [0, 0.05) is 19.7 Å². The first-order chi connectivity index (χ1) is 9.68. The van der Waals surface area contributed by atoms with Gasteiger partial charge < -0.3 is 10.1 Å². The van der Waals surface area contributed by atoms with E-state index >= 15 is 0 Å². The Morgan fingerprint density at radius 2 is 2.30 bits per heavy atom. The number of thiophene rings is 1. The molecule has 0 amide bonds. The van der Waals surface area contributed by atoms with Crippen molar-refractivity contribution >= 4 is 21.6 Å². The predicted molar refractivity (Wildman–Crippen MR) is 82.5 cm³/mol. The van der Waals surface area contributed by atoms with Gasteiger partial charge in [-0.3, -0.25) is 9.36 Å². The standard InChI is InChI=1S/C14H21N3O2S/c1-11(2)19-8-3-5-15-6-7-17-10-16-13-12(14(17)18)4-9-20-13/h4,9-11,15H,3,5-8H2,1-2H3. The van der Waals surface area contributed by atoms with Crippen molar-refractivity contribution in [2.75, 3.05) is 19.7 Å². The van der Waals surface area contributed by atoms with Gasteiger partial charge in [0.2, 0.25) is 0 Å². The van der Waals surface area contributed by atoms with E-state index in [0.717, 1.165) is 30.9 Å². The maximum absolute atomic E-state index is 12.1. The van der Waals surface area contributed by atoms with E-state index in [2.05, 4.69) is 10.3 Å². The summed E-state index contributed by atoms with van der Waals surface area (Å²) in [4.78, 5) is 17.2. The van der Waals surface area contributed by atoms with Gasteiger partial charge in [-0.15, -0.1) is 11.3 Å². The minimum absolute atomic E-state index is 0.0428. The number of fused-ring (bicyclic) bond motifs is 1. The van der Waals surface area contributed by atoms with Crippen molar-refractivity contribution in [1.29, 1.82) is 0 Å². The van der Waals surface area contributed by atoms with Gasteiger partial charge in [0.15, 0.2) is 0 Å². The molecule has 2 rings (SSSR count). The monoisotopic (exact) mass is 295 g/mol. The van der Waals surface area contributed by atoms with Gasteiger partial charge in [-0.25, -0.2) is 4.98 Å². The van der Waals surface area contributed by atoms with Crippen molar-refractivity contribution in [3.05, 3.63) is 28.1 Å². The van der Waals surface area contributed by atoms with E-state index in [0.29, 0.717) is 11.9 Å². The van der Waals surface area contributed by atoms with Crippen molar-refractivity contribution in [3.8, 4) is 0 Å². The second-order valence-corrected chi connectivity index (χ2v) is 5.80. The molecule has 0 aliphatic rings. The smallest absolute Gasteiger partial charge is 0.262 e. The molecule has 20 heavy (non-hydrogen) atoms. The minimum Gasteiger partial charge on any atom is -0.379 e. The van der Waals surface area contributed by atoms with Crippen LogP contribution in [0.2, 0.25) is 0 Å². The lowest BCUT2D eigenvalue weighted by molar-refractivity contribution is 0.0771. The lowest BCUT2D eigenvalue weighted by atomic mass is 10.4. The molecule has 0 fully saturated rings. The van der Waals surface area contributed by atoms with Crippen molar-refractivity contribution in [2.45, 2.75) is 32.9 Å². The number of hydrogen-bond donors (Lipinski definition) is 1. The van der Waals surface area contributed by atoms with Crippen LogP contribution in [0.3, 0.4) is 0 Å². The first kappa shape index (κ1) is 15.2. The molecule has 0 saturated carbocycles. The van der Waals surface area contributed by atoms with E-state index in [4.69, 9.17) is 4.74 Å². The average molecular weight is 295 g/mol. The highest BCUT2D eigenvalue weighted by Crippen LogP contribution is 2.12. The Hall–Kier alpha value is -1.24. The van der Waals surface area contributed by atoms with Crippen LogP contribution < -0.4 is 10.9 Å². The highest BCUT2D eigenvalue weighted by atomic mass is 32.1. The molecule has 0 spiro atoms. The summed E-state index contributed by atoms with van der Waals surface area (Å²) in [5.41, 5.74) is 0.0428. The molecular weight excluding hydrogens is 274 g/mol. The Bertz CT molecular complexity index is 591. The number of aromatic nitrogens is 2. The third-order valence-corrected chi connectivity index (χ3v) is 3.75. The van der Waals surface area contributed by atoms with Gasteiger partial charge >= 0.3 is 0 Å². The van der Waals surface area contributed by atoms with E-state index < -0.39 is 0 Å². The molecular formula is C14H21N3O2S. The fraction of sp³-hybridized carbons (Fsp3) is 0.571. The van der Waals surface area contributed by atoms with Crippen molar-refractivity contribution < 1.29 is 4.74 Å². The lowest BCUT2D eigenvalue weighted by Gasteiger charge is -2.09. The highest BCUT2D eigenvalue weighted by Gasteiger charge is 2.04. The van der Waals surface area contributed by atoms with Crippen LogP contribution in [0, 0.1) is 0 Å². The second-order valence-electron chi connectivity index (χ2n) is 4.91. The van der Waals surface area contributed by atoms with E-state index in [1.165, 1.54) is 11.3 Å². The first-order valence-electron chi connectivity index (χ1n) is 6.93. The van der Waals surface area contributed by atoms with Crippen LogP contribution in [0.5, 0.6) is 0 Å². The fourth-order valence-corrected chi connectivity index (χ4v) is 2.62. The second kappa shape index (κ2) is 7.52. The Morgan fingerprint density at radius 3 is 3.10 bits per heavy atom. The fourth-order valence-electron chi connectivity index (χ4n) is 1.89. The highest BCUT2D eigenvalue weighted by molar-refractivity contribution is 7.16. The number of nitrogens with one attached hydrogen (secondary N) is 1. The van der Waals surface area contributed by atoms with Gasteiger partial charge in [0.1, 0.15) is 4.83 Å². The van der Waals surface area contributed by atoms with Crippen LogP contribution in [0.25, 0.3) is 10.2 Å². The molecule has 0 radical (unpaired) electrons. The predicted octanol–water partition coefficient (Wildman–Crippen LogP) is 1.86. The SMILES string of the molecule is CC(C)OCCCNCCn1cnc2sccc2c1=O. The molecule has 2 aromatic heterocycles. The molecule has 6 heteroatoms. The number of rotatable bonds is 8. The van der Waals surface area contributed by atoms with E-state index in [1.807, 2.05) is 25.3 Å². The summed E-state index contributed by atoms with van der Waals surface area (Å²) in [6, 6.07) is 1.84. The van der Waals surface area contributed by atoms with Crippen LogP contribution in [-0.4, -0.2) is 35.4 Å². The number of nitrogens with zero attached hydrogens (tertiary/aromatic N) is 2. The maximum Gasteiger partial charge on any atom is 0.262 e. The summed E-state index contributed by atoms with van der Waals surface area (Å²) in [6.45, 7) is 7.14. The van der Waals surface area contributed by atoms with Gasteiger partial charge in [0.25, 0.3) is 5.56 Å². The zero-order valence-electron chi connectivity index (χ0n) is 12.0. The first-order valence-corrected chi connectivity index (χ1v) is 7.81. The van der Waals surface area contributed by atoms with Crippen molar-refractivity contribution in [2.24, 2.45) is 0 Å². The molecule has 2 heterocycles. The van der Waals surface area contributed by atoms with E-state index in [-0.39, 0.29) is 11.7 Å². The van der Waals surface area contributed by atoms with Crippen LogP contribution in [0.1, 0.15) is 20.3 Å².